The highest BCUT2D eigenvalue weighted by Crippen LogP contribution is 2.22. The van der Waals surface area contributed by atoms with E-state index in [0.29, 0.717) is 29.6 Å². The fourth-order valence-corrected chi connectivity index (χ4v) is 2.51. The van der Waals surface area contributed by atoms with Crippen LogP contribution in [0.3, 0.4) is 0 Å². The minimum absolute atomic E-state index is 0.0330. The summed E-state index contributed by atoms with van der Waals surface area (Å²) in [6.07, 6.45) is 2.62. The Morgan fingerprint density at radius 2 is 2.04 bits per heavy atom. The number of anilines is 2. The number of carbonyl (C=O) groups excluding carboxylic acids is 1. The summed E-state index contributed by atoms with van der Waals surface area (Å²) in [5, 5.41) is 9.04. The molecule has 2 amide bonds. The van der Waals surface area contributed by atoms with Gasteiger partial charge >= 0.3 is 11.7 Å². The Kier molecular flexibility index (Phi) is 6.38. The number of urea groups is 1. The molecule has 7 heteroatoms. The molecule has 1 heterocycles. The first-order valence-electron chi connectivity index (χ1n) is 8.73. The number of nitrogens with one attached hydrogen (secondary N) is 3. The van der Waals surface area contributed by atoms with Gasteiger partial charge in [0.25, 0.3) is 6.01 Å². The quantitative estimate of drug-likeness (QED) is 0.667. The molecular formula is C18H26N4O3. The Morgan fingerprint density at radius 3 is 2.68 bits per heavy atom. The molecule has 0 bridgehead atoms. The third-order valence-corrected chi connectivity index (χ3v) is 3.68. The van der Waals surface area contributed by atoms with Gasteiger partial charge in [-0.1, -0.05) is 20.3 Å². The molecule has 1 aromatic heterocycles. The van der Waals surface area contributed by atoms with Crippen LogP contribution in [-0.4, -0.2) is 23.6 Å². The highest BCUT2D eigenvalue weighted by molar-refractivity contribution is 5.93. The SMILES string of the molecule is CCCCNc1nc2cc(NC(=O)NC(C)C)cc(CC)c2c(=O)o1. The van der Waals surface area contributed by atoms with E-state index >= 15 is 0 Å². The molecule has 0 radical (unpaired) electrons. The van der Waals surface area contributed by atoms with Gasteiger partial charge in [0.2, 0.25) is 0 Å². The second kappa shape index (κ2) is 8.50. The molecule has 0 fully saturated rings. The number of benzene rings is 1. The van der Waals surface area contributed by atoms with E-state index in [1.165, 1.54) is 0 Å². The van der Waals surface area contributed by atoms with E-state index < -0.39 is 5.63 Å². The van der Waals surface area contributed by atoms with Crippen LogP contribution in [0.25, 0.3) is 10.9 Å². The molecule has 136 valence electrons. The summed E-state index contributed by atoms with van der Waals surface area (Å²) in [5.41, 5.74) is 1.48. The first-order chi connectivity index (χ1) is 11.9. The summed E-state index contributed by atoms with van der Waals surface area (Å²) in [7, 11) is 0. The van der Waals surface area contributed by atoms with Crippen LogP contribution >= 0.6 is 0 Å². The van der Waals surface area contributed by atoms with Crippen molar-refractivity contribution in [2.45, 2.75) is 53.0 Å². The van der Waals surface area contributed by atoms with Gasteiger partial charge in [-0.25, -0.2) is 9.59 Å². The van der Waals surface area contributed by atoms with Gasteiger partial charge in [-0.15, -0.1) is 0 Å². The molecular weight excluding hydrogens is 320 g/mol. The van der Waals surface area contributed by atoms with Gasteiger partial charge in [0, 0.05) is 18.3 Å². The lowest BCUT2D eigenvalue weighted by atomic mass is 10.1. The fourth-order valence-electron chi connectivity index (χ4n) is 2.51. The van der Waals surface area contributed by atoms with E-state index in [1.54, 1.807) is 12.1 Å². The summed E-state index contributed by atoms with van der Waals surface area (Å²) >= 11 is 0. The van der Waals surface area contributed by atoms with Crippen molar-refractivity contribution in [3.8, 4) is 0 Å². The van der Waals surface area contributed by atoms with Crippen molar-refractivity contribution in [2.75, 3.05) is 17.2 Å². The fraction of sp³-hybridized carbons (Fsp3) is 0.500. The number of carbonyl (C=O) groups is 1. The predicted octanol–water partition coefficient (Wildman–Crippen LogP) is 3.49. The molecule has 7 nitrogen and oxygen atoms in total. The average Bonchev–Trinajstić information content (AvgIpc) is 2.53. The summed E-state index contributed by atoms with van der Waals surface area (Å²) < 4.78 is 5.28. The molecule has 0 spiro atoms. The first-order valence-corrected chi connectivity index (χ1v) is 8.73. The van der Waals surface area contributed by atoms with Crippen LogP contribution in [0.4, 0.5) is 16.5 Å². The average molecular weight is 346 g/mol. The third-order valence-electron chi connectivity index (χ3n) is 3.68. The largest absolute Gasteiger partial charge is 0.389 e. The van der Waals surface area contributed by atoms with Crippen LogP contribution in [0.5, 0.6) is 0 Å². The first kappa shape index (κ1) is 18.8. The normalized spacial score (nSPS) is 10.9. The Morgan fingerprint density at radius 1 is 1.28 bits per heavy atom. The molecule has 2 aromatic rings. The lowest BCUT2D eigenvalue weighted by Crippen LogP contribution is -2.34. The highest BCUT2D eigenvalue weighted by Gasteiger charge is 2.13. The predicted molar refractivity (Wildman–Crippen MR) is 100 cm³/mol. The minimum Gasteiger partial charge on any atom is -0.389 e. The number of amides is 2. The maximum Gasteiger partial charge on any atom is 0.348 e. The second-order valence-corrected chi connectivity index (χ2v) is 6.22. The molecule has 0 saturated heterocycles. The van der Waals surface area contributed by atoms with E-state index in [0.717, 1.165) is 18.4 Å². The van der Waals surface area contributed by atoms with E-state index in [4.69, 9.17) is 4.42 Å². The van der Waals surface area contributed by atoms with Gasteiger partial charge in [0.1, 0.15) is 0 Å². The summed E-state index contributed by atoms with van der Waals surface area (Å²) in [5.74, 6) is 0. The van der Waals surface area contributed by atoms with Crippen LogP contribution in [0.15, 0.2) is 21.3 Å². The second-order valence-electron chi connectivity index (χ2n) is 6.22. The van der Waals surface area contributed by atoms with Crippen molar-refractivity contribution >= 4 is 28.6 Å². The number of nitrogens with zero attached hydrogens (tertiary/aromatic N) is 1. The van der Waals surface area contributed by atoms with E-state index in [9.17, 15) is 9.59 Å². The highest BCUT2D eigenvalue weighted by atomic mass is 16.4. The zero-order chi connectivity index (χ0) is 18.4. The molecule has 0 atom stereocenters. The van der Waals surface area contributed by atoms with Crippen LogP contribution < -0.4 is 21.6 Å². The molecule has 2 rings (SSSR count). The summed E-state index contributed by atoms with van der Waals surface area (Å²) in [6, 6.07) is 3.42. The van der Waals surface area contributed by atoms with Crippen molar-refractivity contribution in [1.82, 2.24) is 10.3 Å². The number of rotatable bonds is 7. The van der Waals surface area contributed by atoms with Gasteiger partial charge in [-0.2, -0.15) is 4.98 Å². The number of unbranched alkanes of at least 4 members (excludes halogenated alkanes) is 1. The van der Waals surface area contributed by atoms with Crippen molar-refractivity contribution < 1.29 is 9.21 Å². The van der Waals surface area contributed by atoms with Crippen LogP contribution in [0.1, 0.15) is 46.1 Å². The van der Waals surface area contributed by atoms with Crippen molar-refractivity contribution in [3.05, 3.63) is 28.1 Å². The lowest BCUT2D eigenvalue weighted by molar-refractivity contribution is 0.250. The molecule has 1 aromatic carbocycles. The Balaban J connectivity index is 2.38. The van der Waals surface area contributed by atoms with E-state index in [1.807, 2.05) is 20.8 Å². The molecule has 3 N–H and O–H groups in total. The molecule has 25 heavy (non-hydrogen) atoms. The van der Waals surface area contributed by atoms with Crippen LogP contribution in [0, 0.1) is 0 Å². The minimum atomic E-state index is -0.418. The topological polar surface area (TPSA) is 96.3 Å². The maximum absolute atomic E-state index is 12.3. The number of aryl methyl sites for hydroxylation is 1. The molecule has 0 aliphatic heterocycles. The summed E-state index contributed by atoms with van der Waals surface area (Å²) in [6.45, 7) is 8.49. The third kappa shape index (κ3) is 4.95. The molecule has 0 aliphatic carbocycles. The van der Waals surface area contributed by atoms with Crippen LogP contribution in [0.2, 0.25) is 0 Å². The number of hydrogen-bond acceptors (Lipinski definition) is 5. The van der Waals surface area contributed by atoms with Crippen molar-refractivity contribution in [1.29, 1.82) is 0 Å². The van der Waals surface area contributed by atoms with Gasteiger partial charge in [0.15, 0.2) is 0 Å². The summed E-state index contributed by atoms with van der Waals surface area (Å²) in [4.78, 5) is 28.7. The molecule has 0 unspecified atom stereocenters. The van der Waals surface area contributed by atoms with Gasteiger partial charge in [0.05, 0.1) is 10.9 Å². The standard InChI is InChI=1S/C18H26N4O3/c1-5-7-8-19-18-22-14-10-13(21-17(24)20-11(3)4)9-12(6-2)15(14)16(23)25-18/h9-11H,5-8H2,1-4H3,(H,19,22)(H2,20,21,24). The Labute approximate surface area is 147 Å². The zero-order valence-electron chi connectivity index (χ0n) is 15.2. The van der Waals surface area contributed by atoms with Gasteiger partial charge in [-0.05, 0) is 44.4 Å². The molecule has 0 aliphatic rings. The van der Waals surface area contributed by atoms with Gasteiger partial charge in [-0.3, -0.25) is 0 Å². The monoisotopic (exact) mass is 346 g/mol. The number of aromatic nitrogens is 1. The number of fused-ring (bicyclic) bond motifs is 1. The smallest absolute Gasteiger partial charge is 0.348 e. The zero-order valence-corrected chi connectivity index (χ0v) is 15.2. The Bertz CT molecular complexity index is 799. The Hall–Kier alpha value is -2.57. The maximum atomic E-state index is 12.3. The molecule has 0 saturated carbocycles. The van der Waals surface area contributed by atoms with E-state index in [2.05, 4.69) is 27.9 Å². The van der Waals surface area contributed by atoms with E-state index in [-0.39, 0.29) is 18.1 Å². The lowest BCUT2D eigenvalue weighted by Gasteiger charge is -2.12. The number of hydrogen-bond donors (Lipinski definition) is 3. The van der Waals surface area contributed by atoms with Gasteiger partial charge < -0.3 is 20.4 Å². The van der Waals surface area contributed by atoms with Crippen LogP contribution in [-0.2, 0) is 6.42 Å². The van der Waals surface area contributed by atoms with Crippen molar-refractivity contribution in [3.63, 3.8) is 0 Å². The van der Waals surface area contributed by atoms with Crippen molar-refractivity contribution in [2.24, 2.45) is 0 Å².